The fourth-order valence-electron chi connectivity index (χ4n) is 3.39. The van der Waals surface area contributed by atoms with Gasteiger partial charge in [0.2, 0.25) is 5.91 Å². The summed E-state index contributed by atoms with van der Waals surface area (Å²) in [6, 6.07) is 4.01. The predicted octanol–water partition coefficient (Wildman–Crippen LogP) is 2.94. The zero-order valence-corrected chi connectivity index (χ0v) is 18.2. The van der Waals surface area contributed by atoms with Crippen LogP contribution in [0.4, 0.5) is 11.6 Å². The van der Waals surface area contributed by atoms with Crippen molar-refractivity contribution in [2.24, 2.45) is 5.73 Å². The minimum atomic E-state index is -0.953. The molecular formula is C21H25N9O. The van der Waals surface area contributed by atoms with Crippen molar-refractivity contribution in [1.29, 1.82) is 0 Å². The van der Waals surface area contributed by atoms with Crippen molar-refractivity contribution in [3.05, 3.63) is 42.7 Å². The lowest BCUT2D eigenvalue weighted by molar-refractivity contribution is -0.125. The van der Waals surface area contributed by atoms with E-state index in [1.54, 1.807) is 44.7 Å². The highest BCUT2D eigenvalue weighted by atomic mass is 16.1. The fourth-order valence-corrected chi connectivity index (χ4v) is 3.39. The van der Waals surface area contributed by atoms with Gasteiger partial charge in [0.25, 0.3) is 0 Å². The summed E-state index contributed by atoms with van der Waals surface area (Å²) < 4.78 is 3.68. The first-order valence-electron chi connectivity index (χ1n) is 9.97. The van der Waals surface area contributed by atoms with Crippen LogP contribution in [0.2, 0.25) is 0 Å². The molecule has 0 aliphatic rings. The maximum atomic E-state index is 11.7. The number of primary amides is 1. The number of rotatable bonds is 6. The van der Waals surface area contributed by atoms with Crippen LogP contribution in [0.1, 0.15) is 39.6 Å². The number of imidazole rings is 1. The molecule has 1 amide bonds. The molecule has 0 bridgehead atoms. The van der Waals surface area contributed by atoms with Crippen molar-refractivity contribution < 1.29 is 4.79 Å². The molecule has 0 saturated carbocycles. The van der Waals surface area contributed by atoms with Gasteiger partial charge in [0, 0.05) is 24.5 Å². The number of hydrogen-bond donors (Lipinski definition) is 2. The Morgan fingerprint density at radius 1 is 1.16 bits per heavy atom. The number of nitrogens with zero attached hydrogens (tertiary/aromatic N) is 7. The van der Waals surface area contributed by atoms with Crippen molar-refractivity contribution in [2.45, 2.75) is 46.2 Å². The number of pyridine rings is 1. The van der Waals surface area contributed by atoms with E-state index in [1.807, 2.05) is 13.0 Å². The van der Waals surface area contributed by atoms with E-state index in [4.69, 9.17) is 5.73 Å². The van der Waals surface area contributed by atoms with E-state index >= 15 is 0 Å². The summed E-state index contributed by atoms with van der Waals surface area (Å²) in [5.41, 5.74) is 7.06. The highest BCUT2D eigenvalue weighted by molar-refractivity contribution is 5.82. The van der Waals surface area contributed by atoms with E-state index in [-0.39, 0.29) is 6.04 Å². The molecule has 0 aliphatic carbocycles. The standard InChI is InChI=1S/C21H25N9O/c1-12(2)30-13(3)26-15-10-24-18(8-16(15)30)27-17-6-7-23-19(28-17)14-9-25-29(11-14)21(4,5)20(22)31/h6-12H,1-5H3,(H2,22,31)(H,23,24,27,28). The molecule has 0 saturated heterocycles. The first-order chi connectivity index (χ1) is 14.7. The van der Waals surface area contributed by atoms with Crippen molar-refractivity contribution in [3.63, 3.8) is 0 Å². The first kappa shape index (κ1) is 20.5. The quantitative estimate of drug-likeness (QED) is 0.491. The third kappa shape index (κ3) is 3.72. The summed E-state index contributed by atoms with van der Waals surface area (Å²) in [5, 5.41) is 7.49. The summed E-state index contributed by atoms with van der Waals surface area (Å²) in [6.07, 6.45) is 6.72. The first-order valence-corrected chi connectivity index (χ1v) is 9.97. The van der Waals surface area contributed by atoms with Gasteiger partial charge in [-0.2, -0.15) is 5.10 Å². The van der Waals surface area contributed by atoms with Crippen LogP contribution in [0.15, 0.2) is 36.9 Å². The lowest BCUT2D eigenvalue weighted by atomic mass is 10.1. The molecule has 0 unspecified atom stereocenters. The number of hydrogen-bond acceptors (Lipinski definition) is 7. The molecule has 0 aliphatic heterocycles. The van der Waals surface area contributed by atoms with Gasteiger partial charge in [-0.15, -0.1) is 0 Å². The van der Waals surface area contributed by atoms with E-state index in [1.165, 1.54) is 4.68 Å². The van der Waals surface area contributed by atoms with E-state index in [0.29, 0.717) is 23.0 Å². The predicted molar refractivity (Wildman–Crippen MR) is 118 cm³/mol. The third-order valence-corrected chi connectivity index (χ3v) is 5.20. The molecule has 0 radical (unpaired) electrons. The summed E-state index contributed by atoms with van der Waals surface area (Å²) in [4.78, 5) is 29.6. The second-order valence-corrected chi connectivity index (χ2v) is 8.17. The molecule has 4 aromatic heterocycles. The minimum Gasteiger partial charge on any atom is -0.368 e. The van der Waals surface area contributed by atoms with Gasteiger partial charge in [-0.1, -0.05) is 0 Å². The van der Waals surface area contributed by atoms with Gasteiger partial charge < -0.3 is 15.6 Å². The Kier molecular flexibility index (Phi) is 4.92. The topological polar surface area (TPSA) is 129 Å². The second-order valence-electron chi connectivity index (χ2n) is 8.17. The Bertz CT molecular complexity index is 1270. The zero-order valence-electron chi connectivity index (χ0n) is 18.2. The van der Waals surface area contributed by atoms with Crippen LogP contribution in [0.3, 0.4) is 0 Å². The number of aromatic nitrogens is 7. The number of amides is 1. The van der Waals surface area contributed by atoms with Gasteiger partial charge in [0.05, 0.1) is 23.5 Å². The molecule has 0 fully saturated rings. The lowest BCUT2D eigenvalue weighted by Gasteiger charge is -2.20. The van der Waals surface area contributed by atoms with Crippen LogP contribution in [0.5, 0.6) is 0 Å². The Balaban J connectivity index is 1.63. The van der Waals surface area contributed by atoms with E-state index in [9.17, 15) is 4.79 Å². The van der Waals surface area contributed by atoms with Gasteiger partial charge in [-0.25, -0.2) is 19.9 Å². The largest absolute Gasteiger partial charge is 0.368 e. The number of nitrogens with one attached hydrogen (secondary N) is 1. The number of carbonyl (C=O) groups is 1. The van der Waals surface area contributed by atoms with Crippen LogP contribution < -0.4 is 11.1 Å². The highest BCUT2D eigenvalue weighted by Gasteiger charge is 2.28. The lowest BCUT2D eigenvalue weighted by Crippen LogP contribution is -2.41. The third-order valence-electron chi connectivity index (χ3n) is 5.20. The van der Waals surface area contributed by atoms with E-state index < -0.39 is 11.4 Å². The number of aryl methyl sites for hydroxylation is 1. The molecule has 10 nitrogen and oxygen atoms in total. The average molecular weight is 419 g/mol. The molecule has 3 N–H and O–H groups in total. The van der Waals surface area contributed by atoms with Crippen molar-refractivity contribution in [3.8, 4) is 11.4 Å². The van der Waals surface area contributed by atoms with Crippen LogP contribution in [-0.2, 0) is 10.3 Å². The van der Waals surface area contributed by atoms with Gasteiger partial charge in [-0.05, 0) is 40.7 Å². The maximum absolute atomic E-state index is 11.7. The van der Waals surface area contributed by atoms with Crippen LogP contribution in [0, 0.1) is 6.92 Å². The molecular weight excluding hydrogens is 394 g/mol. The van der Waals surface area contributed by atoms with Crippen molar-refractivity contribution in [1.82, 2.24) is 34.3 Å². The molecule has 4 aromatic rings. The molecule has 10 heteroatoms. The Hall–Kier alpha value is -3.82. The van der Waals surface area contributed by atoms with Gasteiger partial charge >= 0.3 is 0 Å². The molecule has 0 spiro atoms. The fraction of sp³-hybridized carbons (Fsp3) is 0.333. The molecule has 160 valence electrons. The number of anilines is 2. The molecule has 4 rings (SSSR count). The molecule has 0 atom stereocenters. The summed E-state index contributed by atoms with van der Waals surface area (Å²) in [6.45, 7) is 9.65. The summed E-state index contributed by atoms with van der Waals surface area (Å²) in [5.74, 6) is 2.19. The monoisotopic (exact) mass is 419 g/mol. The van der Waals surface area contributed by atoms with Crippen LogP contribution in [-0.4, -0.2) is 40.2 Å². The number of fused-ring (bicyclic) bond motifs is 1. The zero-order chi connectivity index (χ0) is 22.3. The van der Waals surface area contributed by atoms with E-state index in [0.717, 1.165) is 16.9 Å². The highest BCUT2D eigenvalue weighted by Crippen LogP contribution is 2.25. The number of nitrogens with two attached hydrogens (primary N) is 1. The van der Waals surface area contributed by atoms with Crippen LogP contribution >= 0.6 is 0 Å². The van der Waals surface area contributed by atoms with Crippen LogP contribution in [0.25, 0.3) is 22.4 Å². The minimum absolute atomic E-state index is 0.284. The van der Waals surface area contributed by atoms with Gasteiger partial charge in [0.1, 0.15) is 28.5 Å². The smallest absolute Gasteiger partial charge is 0.244 e. The summed E-state index contributed by atoms with van der Waals surface area (Å²) >= 11 is 0. The normalized spacial score (nSPS) is 11.9. The molecule has 31 heavy (non-hydrogen) atoms. The second kappa shape index (κ2) is 7.46. The Labute approximate surface area is 179 Å². The Morgan fingerprint density at radius 2 is 1.94 bits per heavy atom. The summed E-state index contributed by atoms with van der Waals surface area (Å²) in [7, 11) is 0. The van der Waals surface area contributed by atoms with Gasteiger partial charge in [0.15, 0.2) is 5.82 Å². The molecule has 4 heterocycles. The van der Waals surface area contributed by atoms with Crippen molar-refractivity contribution >= 4 is 28.6 Å². The van der Waals surface area contributed by atoms with Crippen molar-refractivity contribution in [2.75, 3.05) is 5.32 Å². The van der Waals surface area contributed by atoms with Gasteiger partial charge in [-0.3, -0.25) is 9.48 Å². The molecule has 0 aromatic carbocycles. The number of carbonyl (C=O) groups excluding carboxylic acids is 1. The maximum Gasteiger partial charge on any atom is 0.244 e. The average Bonchev–Trinajstić information content (AvgIpc) is 3.32. The van der Waals surface area contributed by atoms with E-state index in [2.05, 4.69) is 48.8 Å². The SMILES string of the molecule is Cc1nc2cnc(Nc3ccnc(-c4cnn(C(C)(C)C(N)=O)c4)n3)cc2n1C(C)C. The Morgan fingerprint density at radius 3 is 2.65 bits per heavy atom.